The highest BCUT2D eigenvalue weighted by atomic mass is 16.5. The molecule has 2 rings (SSSR count). The molecule has 1 fully saturated rings. The van der Waals surface area contributed by atoms with Gasteiger partial charge in [0.05, 0.1) is 0 Å². The first kappa shape index (κ1) is 15.4. The number of hydrogen-bond donors (Lipinski definition) is 1. The van der Waals surface area contributed by atoms with Crippen LogP contribution >= 0.6 is 0 Å². The van der Waals surface area contributed by atoms with Crippen LogP contribution in [0.25, 0.3) is 0 Å². The maximum absolute atomic E-state index is 5.74. The molecule has 0 saturated carbocycles. The number of aryl methyl sites for hydroxylation is 1. The molecule has 1 aromatic heterocycles. The second-order valence-electron chi connectivity index (χ2n) is 6.07. The lowest BCUT2D eigenvalue weighted by Crippen LogP contribution is -2.50. The number of piperazine rings is 1. The van der Waals surface area contributed by atoms with Gasteiger partial charge >= 0.3 is 0 Å². The van der Waals surface area contributed by atoms with Crippen molar-refractivity contribution in [1.29, 1.82) is 0 Å². The number of aromatic nitrogens is 2. The zero-order chi connectivity index (χ0) is 14.5. The van der Waals surface area contributed by atoms with Gasteiger partial charge in [0.25, 0.3) is 0 Å². The van der Waals surface area contributed by atoms with E-state index in [1.807, 2.05) is 6.92 Å². The number of rotatable bonds is 6. The van der Waals surface area contributed by atoms with Crippen LogP contribution in [0.4, 0.5) is 0 Å². The summed E-state index contributed by atoms with van der Waals surface area (Å²) in [6.45, 7) is 5.31. The van der Waals surface area contributed by atoms with E-state index in [0.717, 1.165) is 57.0 Å². The van der Waals surface area contributed by atoms with Crippen LogP contribution in [-0.2, 0) is 12.8 Å². The average Bonchev–Trinajstić information content (AvgIpc) is 2.81. The van der Waals surface area contributed by atoms with E-state index in [9.17, 15) is 0 Å². The molecule has 6 nitrogen and oxygen atoms in total. The van der Waals surface area contributed by atoms with Gasteiger partial charge in [-0.15, -0.1) is 0 Å². The maximum Gasteiger partial charge on any atom is 0.226 e. The quantitative estimate of drug-likeness (QED) is 0.820. The van der Waals surface area contributed by atoms with Crippen LogP contribution in [-0.4, -0.2) is 65.8 Å². The predicted octanol–water partition coefficient (Wildman–Crippen LogP) is 0.528. The molecule has 1 aliphatic rings. The summed E-state index contributed by atoms with van der Waals surface area (Å²) < 4.78 is 5.32. The van der Waals surface area contributed by atoms with Crippen molar-refractivity contribution >= 4 is 0 Å². The third-order valence-corrected chi connectivity index (χ3v) is 3.96. The summed E-state index contributed by atoms with van der Waals surface area (Å²) in [7, 11) is 4.33. The van der Waals surface area contributed by atoms with E-state index < -0.39 is 0 Å². The molecular formula is C14H27N5O. The van der Waals surface area contributed by atoms with Gasteiger partial charge in [-0.25, -0.2) is 0 Å². The third-order valence-electron chi connectivity index (χ3n) is 3.96. The Morgan fingerprint density at radius 2 is 2.20 bits per heavy atom. The Hall–Kier alpha value is -0.980. The van der Waals surface area contributed by atoms with Crippen molar-refractivity contribution in [2.45, 2.75) is 44.7 Å². The molecule has 1 saturated heterocycles. The lowest BCUT2D eigenvalue weighted by atomic mass is 10.1. The monoisotopic (exact) mass is 281 g/mol. The first-order valence-corrected chi connectivity index (χ1v) is 7.50. The van der Waals surface area contributed by atoms with E-state index in [4.69, 9.17) is 10.3 Å². The summed E-state index contributed by atoms with van der Waals surface area (Å²) in [6.07, 6.45) is 3.69. The number of hydrogen-bond acceptors (Lipinski definition) is 6. The minimum absolute atomic E-state index is 0.240. The molecule has 2 unspecified atom stereocenters. The second-order valence-corrected chi connectivity index (χ2v) is 6.07. The lowest BCUT2D eigenvalue weighted by Gasteiger charge is -2.37. The van der Waals surface area contributed by atoms with Crippen molar-refractivity contribution in [1.82, 2.24) is 19.9 Å². The Bertz CT molecular complexity index is 406. The Morgan fingerprint density at radius 1 is 1.40 bits per heavy atom. The van der Waals surface area contributed by atoms with Crippen molar-refractivity contribution in [2.24, 2.45) is 5.73 Å². The van der Waals surface area contributed by atoms with Crippen molar-refractivity contribution in [3.05, 3.63) is 11.7 Å². The molecule has 0 spiro atoms. The van der Waals surface area contributed by atoms with Gasteiger partial charge in [0.2, 0.25) is 5.89 Å². The first-order chi connectivity index (χ1) is 9.54. The molecule has 2 atom stereocenters. The number of likely N-dealkylation sites (N-methyl/N-ethyl adjacent to an activating group) is 2. The van der Waals surface area contributed by atoms with Crippen molar-refractivity contribution in [2.75, 3.05) is 33.7 Å². The van der Waals surface area contributed by atoms with Crippen LogP contribution < -0.4 is 5.73 Å². The molecule has 20 heavy (non-hydrogen) atoms. The first-order valence-electron chi connectivity index (χ1n) is 7.50. The van der Waals surface area contributed by atoms with Gasteiger partial charge in [-0.05, 0) is 33.9 Å². The van der Waals surface area contributed by atoms with E-state index in [2.05, 4.69) is 34.0 Å². The third kappa shape index (κ3) is 4.54. The SMILES string of the molecule is CC(N)CCCc1nc(CC2CN(C)CCN2C)no1. The van der Waals surface area contributed by atoms with Gasteiger partial charge in [0.1, 0.15) is 0 Å². The maximum atomic E-state index is 5.74. The molecule has 0 bridgehead atoms. The minimum atomic E-state index is 0.240. The van der Waals surface area contributed by atoms with Crippen LogP contribution in [0.15, 0.2) is 4.52 Å². The number of nitrogens with two attached hydrogens (primary N) is 1. The summed E-state index contributed by atoms with van der Waals surface area (Å²) >= 11 is 0. The van der Waals surface area contributed by atoms with Gasteiger partial charge in [-0.2, -0.15) is 4.98 Å². The molecule has 6 heteroatoms. The van der Waals surface area contributed by atoms with Gasteiger partial charge in [-0.3, -0.25) is 0 Å². The van der Waals surface area contributed by atoms with Gasteiger partial charge in [0, 0.05) is 44.6 Å². The Morgan fingerprint density at radius 3 is 2.95 bits per heavy atom. The fraction of sp³-hybridized carbons (Fsp3) is 0.857. The van der Waals surface area contributed by atoms with Crippen LogP contribution in [0.3, 0.4) is 0 Å². The summed E-state index contributed by atoms with van der Waals surface area (Å²) in [5.41, 5.74) is 5.74. The zero-order valence-corrected chi connectivity index (χ0v) is 12.9. The minimum Gasteiger partial charge on any atom is -0.339 e. The largest absolute Gasteiger partial charge is 0.339 e. The van der Waals surface area contributed by atoms with Crippen LogP contribution in [0.2, 0.25) is 0 Å². The fourth-order valence-corrected chi connectivity index (χ4v) is 2.58. The summed E-state index contributed by atoms with van der Waals surface area (Å²) in [5, 5.41) is 4.10. The highest BCUT2D eigenvalue weighted by molar-refractivity contribution is 4.93. The van der Waals surface area contributed by atoms with Gasteiger partial charge in [0.15, 0.2) is 5.82 Å². The van der Waals surface area contributed by atoms with E-state index in [1.54, 1.807) is 0 Å². The molecular weight excluding hydrogens is 254 g/mol. The van der Waals surface area contributed by atoms with Gasteiger partial charge < -0.3 is 20.1 Å². The Balaban J connectivity index is 1.82. The lowest BCUT2D eigenvalue weighted by molar-refractivity contribution is 0.113. The Labute approximate surface area is 121 Å². The fourth-order valence-electron chi connectivity index (χ4n) is 2.58. The molecule has 1 aromatic rings. The Kier molecular flexibility index (Phi) is 5.51. The topological polar surface area (TPSA) is 71.4 Å². The molecule has 0 aromatic carbocycles. The van der Waals surface area contributed by atoms with Crippen LogP contribution in [0, 0.1) is 0 Å². The molecule has 0 amide bonds. The average molecular weight is 281 g/mol. The van der Waals surface area contributed by atoms with Crippen molar-refractivity contribution < 1.29 is 4.52 Å². The van der Waals surface area contributed by atoms with Crippen LogP contribution in [0.1, 0.15) is 31.5 Å². The summed E-state index contributed by atoms with van der Waals surface area (Å²) in [4.78, 5) is 9.23. The standard InChI is InChI=1S/C14H27N5O/c1-11(15)5-4-6-14-16-13(17-20-14)9-12-10-18(2)7-8-19(12)3/h11-12H,4-10,15H2,1-3H3. The highest BCUT2D eigenvalue weighted by Crippen LogP contribution is 2.12. The van der Waals surface area contributed by atoms with E-state index >= 15 is 0 Å². The van der Waals surface area contributed by atoms with Crippen molar-refractivity contribution in [3.8, 4) is 0 Å². The zero-order valence-electron chi connectivity index (χ0n) is 12.9. The smallest absolute Gasteiger partial charge is 0.226 e. The second kappa shape index (κ2) is 7.15. The van der Waals surface area contributed by atoms with Gasteiger partial charge in [-0.1, -0.05) is 5.16 Å². The normalized spacial score (nSPS) is 23.1. The molecule has 1 aliphatic heterocycles. The molecule has 2 heterocycles. The highest BCUT2D eigenvalue weighted by Gasteiger charge is 2.24. The summed E-state index contributed by atoms with van der Waals surface area (Å²) in [6, 6.07) is 0.715. The van der Waals surface area contributed by atoms with E-state index in [0.29, 0.717) is 6.04 Å². The molecule has 0 radical (unpaired) electrons. The number of nitrogens with zero attached hydrogens (tertiary/aromatic N) is 4. The van der Waals surface area contributed by atoms with E-state index in [-0.39, 0.29) is 6.04 Å². The molecule has 2 N–H and O–H groups in total. The predicted molar refractivity (Wildman–Crippen MR) is 78.5 cm³/mol. The summed E-state index contributed by atoms with van der Waals surface area (Å²) in [5.74, 6) is 1.57. The van der Waals surface area contributed by atoms with Crippen LogP contribution in [0.5, 0.6) is 0 Å². The molecule has 0 aliphatic carbocycles. The van der Waals surface area contributed by atoms with E-state index in [1.165, 1.54) is 0 Å². The van der Waals surface area contributed by atoms with Crippen molar-refractivity contribution in [3.63, 3.8) is 0 Å². The molecule has 114 valence electrons.